The summed E-state index contributed by atoms with van der Waals surface area (Å²) in [4.78, 5) is 9.54. The molecule has 4 rings (SSSR count). The highest BCUT2D eigenvalue weighted by Crippen LogP contribution is 2.34. The van der Waals surface area contributed by atoms with Gasteiger partial charge in [-0.25, -0.2) is 9.97 Å². The molecule has 0 radical (unpaired) electrons. The van der Waals surface area contributed by atoms with Gasteiger partial charge in [-0.3, -0.25) is 0 Å². The van der Waals surface area contributed by atoms with E-state index in [1.165, 1.54) is 0 Å². The quantitative estimate of drug-likeness (QED) is 0.325. The molecule has 0 saturated heterocycles. The molecule has 1 heterocycles. The molecule has 0 aliphatic heterocycles. The van der Waals surface area contributed by atoms with Crippen LogP contribution in [0.1, 0.15) is 0 Å². The van der Waals surface area contributed by atoms with Gasteiger partial charge in [-0.15, -0.1) is 0 Å². The van der Waals surface area contributed by atoms with Crippen LogP contribution in [0.4, 0.5) is 0 Å². The molecule has 0 unspecified atom stereocenters. The number of rotatable bonds is 3. The second-order valence-corrected chi connectivity index (χ2v) is 7.68. The zero-order valence-electron chi connectivity index (χ0n) is 13.7. The van der Waals surface area contributed by atoms with Crippen LogP contribution in [0.2, 0.25) is 0 Å². The summed E-state index contributed by atoms with van der Waals surface area (Å²) in [6.45, 7) is 0. The average molecular weight is 466 g/mol. The van der Waals surface area contributed by atoms with Crippen LogP contribution in [0.15, 0.2) is 94.0 Å². The van der Waals surface area contributed by atoms with Crippen LogP contribution < -0.4 is 0 Å². The van der Waals surface area contributed by atoms with Gasteiger partial charge in [0.1, 0.15) is 0 Å². The van der Waals surface area contributed by atoms with Crippen LogP contribution in [0.25, 0.3) is 33.8 Å². The largest absolute Gasteiger partial charge is 0.236 e. The summed E-state index contributed by atoms with van der Waals surface area (Å²) in [5, 5.41) is 0. The highest BCUT2D eigenvalue weighted by Gasteiger charge is 2.13. The highest BCUT2D eigenvalue weighted by molar-refractivity contribution is 9.11. The Hall–Kier alpha value is -2.30. The lowest BCUT2D eigenvalue weighted by atomic mass is 10.0. The maximum Gasteiger partial charge on any atom is 0.159 e. The third-order valence-electron chi connectivity index (χ3n) is 4.04. The van der Waals surface area contributed by atoms with E-state index in [4.69, 9.17) is 4.98 Å². The van der Waals surface area contributed by atoms with Crippen LogP contribution in [-0.4, -0.2) is 9.97 Å². The molecule has 0 fully saturated rings. The highest BCUT2D eigenvalue weighted by atomic mass is 79.9. The Morgan fingerprint density at radius 1 is 0.615 bits per heavy atom. The number of aromatic nitrogens is 2. The van der Waals surface area contributed by atoms with Crippen molar-refractivity contribution in [1.82, 2.24) is 9.97 Å². The second kappa shape index (κ2) is 7.52. The first-order valence-corrected chi connectivity index (χ1v) is 9.74. The van der Waals surface area contributed by atoms with Gasteiger partial charge in [0.25, 0.3) is 0 Å². The lowest BCUT2D eigenvalue weighted by molar-refractivity contribution is 1.18. The van der Waals surface area contributed by atoms with Crippen LogP contribution >= 0.6 is 31.9 Å². The Balaban J connectivity index is 1.95. The molecule has 3 aromatic carbocycles. The van der Waals surface area contributed by atoms with Gasteiger partial charge in [-0.2, -0.15) is 0 Å². The van der Waals surface area contributed by atoms with E-state index in [1.807, 2.05) is 60.8 Å². The maximum atomic E-state index is 4.92. The zero-order valence-corrected chi connectivity index (χ0v) is 16.9. The minimum Gasteiger partial charge on any atom is -0.236 e. The van der Waals surface area contributed by atoms with Gasteiger partial charge in [-0.1, -0.05) is 92.5 Å². The molecule has 2 nitrogen and oxygen atoms in total. The van der Waals surface area contributed by atoms with Crippen LogP contribution in [0.3, 0.4) is 0 Å². The Morgan fingerprint density at radius 2 is 1.19 bits per heavy atom. The molecular formula is C22H14Br2N2. The third kappa shape index (κ3) is 3.62. The molecule has 0 saturated carbocycles. The van der Waals surface area contributed by atoms with Gasteiger partial charge < -0.3 is 0 Å². The third-order valence-corrected chi connectivity index (χ3v) is 4.96. The summed E-state index contributed by atoms with van der Waals surface area (Å²) in [5.74, 6) is 0.719. The number of halogens is 2. The van der Waals surface area contributed by atoms with Crippen molar-refractivity contribution in [2.75, 3.05) is 0 Å². The Kier molecular flexibility index (Phi) is 4.96. The monoisotopic (exact) mass is 464 g/mol. The summed E-state index contributed by atoms with van der Waals surface area (Å²) < 4.78 is 2.00. The number of hydrogen-bond donors (Lipinski definition) is 0. The molecule has 0 N–H and O–H groups in total. The van der Waals surface area contributed by atoms with Gasteiger partial charge >= 0.3 is 0 Å². The van der Waals surface area contributed by atoms with Gasteiger partial charge in [0, 0.05) is 31.8 Å². The standard InChI is InChI=1S/C22H14Br2N2/c23-18-11-17(12-19(24)13-18)21-20(15-7-3-1-4-8-15)14-25-22(26-21)16-9-5-2-6-10-16/h1-14H. The lowest BCUT2D eigenvalue weighted by Gasteiger charge is -2.12. The van der Waals surface area contributed by atoms with E-state index < -0.39 is 0 Å². The predicted molar refractivity (Wildman–Crippen MR) is 114 cm³/mol. The van der Waals surface area contributed by atoms with E-state index in [-0.39, 0.29) is 0 Å². The molecule has 0 amide bonds. The molecule has 126 valence electrons. The fourth-order valence-electron chi connectivity index (χ4n) is 2.85. The van der Waals surface area contributed by atoms with Crippen molar-refractivity contribution < 1.29 is 0 Å². The Bertz CT molecular complexity index is 1030. The van der Waals surface area contributed by atoms with Crippen LogP contribution in [0.5, 0.6) is 0 Å². The average Bonchev–Trinajstić information content (AvgIpc) is 2.68. The Morgan fingerprint density at radius 3 is 1.81 bits per heavy atom. The maximum absolute atomic E-state index is 4.92. The summed E-state index contributed by atoms with van der Waals surface area (Å²) in [5.41, 5.74) is 5.05. The topological polar surface area (TPSA) is 25.8 Å². The minimum atomic E-state index is 0.719. The molecule has 0 atom stereocenters. The molecule has 0 aliphatic carbocycles. The fourth-order valence-corrected chi connectivity index (χ4v) is 4.14. The van der Waals surface area contributed by atoms with E-state index in [0.717, 1.165) is 42.7 Å². The SMILES string of the molecule is Brc1cc(Br)cc(-c2nc(-c3ccccc3)ncc2-c2ccccc2)c1. The first-order chi connectivity index (χ1) is 12.7. The molecule has 26 heavy (non-hydrogen) atoms. The van der Waals surface area contributed by atoms with Gasteiger partial charge in [-0.05, 0) is 23.8 Å². The van der Waals surface area contributed by atoms with Crippen LogP contribution in [0, 0.1) is 0 Å². The smallest absolute Gasteiger partial charge is 0.159 e. The molecule has 0 bridgehead atoms. The summed E-state index contributed by atoms with van der Waals surface area (Å²) in [6, 6.07) is 26.4. The first-order valence-electron chi connectivity index (χ1n) is 8.15. The predicted octanol–water partition coefficient (Wildman–Crippen LogP) is 7.00. The molecule has 4 aromatic rings. The van der Waals surface area contributed by atoms with E-state index >= 15 is 0 Å². The van der Waals surface area contributed by atoms with Gasteiger partial charge in [0.05, 0.1) is 5.69 Å². The number of benzene rings is 3. The van der Waals surface area contributed by atoms with Crippen molar-refractivity contribution in [1.29, 1.82) is 0 Å². The molecule has 1 aromatic heterocycles. The van der Waals surface area contributed by atoms with E-state index in [1.54, 1.807) is 0 Å². The van der Waals surface area contributed by atoms with E-state index in [0.29, 0.717) is 0 Å². The minimum absolute atomic E-state index is 0.719. The summed E-state index contributed by atoms with van der Waals surface area (Å²) >= 11 is 7.16. The molecular weight excluding hydrogens is 452 g/mol. The van der Waals surface area contributed by atoms with Crippen molar-refractivity contribution in [2.24, 2.45) is 0 Å². The Labute approximate surface area is 169 Å². The number of hydrogen-bond acceptors (Lipinski definition) is 2. The molecule has 0 aliphatic rings. The first kappa shape index (κ1) is 17.1. The van der Waals surface area contributed by atoms with Gasteiger partial charge in [0.2, 0.25) is 0 Å². The molecule has 4 heteroatoms. The van der Waals surface area contributed by atoms with Crippen molar-refractivity contribution in [3.05, 3.63) is 94.0 Å². The second-order valence-electron chi connectivity index (χ2n) is 5.85. The molecule has 0 spiro atoms. The van der Waals surface area contributed by atoms with Crippen molar-refractivity contribution in [2.45, 2.75) is 0 Å². The zero-order chi connectivity index (χ0) is 17.9. The fraction of sp³-hybridized carbons (Fsp3) is 0. The summed E-state index contributed by atoms with van der Waals surface area (Å²) in [7, 11) is 0. The number of nitrogens with zero attached hydrogens (tertiary/aromatic N) is 2. The van der Waals surface area contributed by atoms with Crippen LogP contribution in [-0.2, 0) is 0 Å². The van der Waals surface area contributed by atoms with Crippen molar-refractivity contribution in [3.8, 4) is 33.8 Å². The van der Waals surface area contributed by atoms with E-state index in [2.05, 4.69) is 61.1 Å². The van der Waals surface area contributed by atoms with Gasteiger partial charge in [0.15, 0.2) is 5.82 Å². The van der Waals surface area contributed by atoms with E-state index in [9.17, 15) is 0 Å². The normalized spacial score (nSPS) is 10.7. The lowest BCUT2D eigenvalue weighted by Crippen LogP contribution is -1.96. The van der Waals surface area contributed by atoms with Crippen molar-refractivity contribution >= 4 is 31.9 Å². The summed E-state index contributed by atoms with van der Waals surface area (Å²) in [6.07, 6.45) is 1.91. The van der Waals surface area contributed by atoms with Crippen molar-refractivity contribution in [3.63, 3.8) is 0 Å².